The second kappa shape index (κ2) is 8.25. The summed E-state index contributed by atoms with van der Waals surface area (Å²) in [7, 11) is 2.20. The van der Waals surface area contributed by atoms with Crippen molar-refractivity contribution in [2.75, 3.05) is 20.1 Å². The minimum atomic E-state index is 0.591. The first-order valence-electron chi connectivity index (χ1n) is 6.02. The van der Waals surface area contributed by atoms with Crippen LogP contribution in [0.25, 0.3) is 0 Å². The fourth-order valence-electron chi connectivity index (χ4n) is 1.60. The highest BCUT2D eigenvalue weighted by molar-refractivity contribution is 4.69. The summed E-state index contributed by atoms with van der Waals surface area (Å²) in [5.74, 6) is 0.794. The van der Waals surface area contributed by atoms with E-state index in [4.69, 9.17) is 5.73 Å². The van der Waals surface area contributed by atoms with Crippen LogP contribution >= 0.6 is 0 Å². The zero-order valence-corrected chi connectivity index (χ0v) is 10.4. The molecule has 0 aromatic carbocycles. The highest BCUT2D eigenvalue weighted by Crippen LogP contribution is 2.08. The molecule has 0 rings (SSSR count). The molecule has 0 amide bonds. The molecule has 1 unspecified atom stereocenters. The number of nitrogens with zero attached hydrogens (tertiary/aromatic N) is 1. The molecule has 0 radical (unpaired) electrons. The van der Waals surface area contributed by atoms with E-state index in [1.54, 1.807) is 0 Å². The first-order valence-corrected chi connectivity index (χ1v) is 6.02. The Morgan fingerprint density at radius 1 is 1.21 bits per heavy atom. The van der Waals surface area contributed by atoms with Crippen LogP contribution in [0, 0.1) is 5.92 Å². The van der Waals surface area contributed by atoms with Crippen molar-refractivity contribution in [3.63, 3.8) is 0 Å². The van der Waals surface area contributed by atoms with Crippen molar-refractivity contribution in [2.45, 2.75) is 52.5 Å². The Kier molecular flexibility index (Phi) is 8.20. The normalized spacial score (nSPS) is 13.9. The summed E-state index contributed by atoms with van der Waals surface area (Å²) in [5, 5.41) is 0. The van der Waals surface area contributed by atoms with Crippen molar-refractivity contribution in [1.82, 2.24) is 4.90 Å². The van der Waals surface area contributed by atoms with Gasteiger partial charge in [0.1, 0.15) is 0 Å². The van der Waals surface area contributed by atoms with Crippen LogP contribution in [0.15, 0.2) is 0 Å². The Morgan fingerprint density at radius 2 is 1.86 bits per heavy atom. The summed E-state index contributed by atoms with van der Waals surface area (Å²) in [4.78, 5) is 2.43. The number of nitrogens with two attached hydrogens (primary N) is 1. The van der Waals surface area contributed by atoms with E-state index < -0.39 is 0 Å². The Labute approximate surface area is 89.9 Å². The van der Waals surface area contributed by atoms with Gasteiger partial charge in [0.15, 0.2) is 0 Å². The van der Waals surface area contributed by atoms with E-state index in [1.807, 2.05) is 0 Å². The van der Waals surface area contributed by atoms with Gasteiger partial charge in [-0.05, 0) is 32.4 Å². The fourth-order valence-corrected chi connectivity index (χ4v) is 1.60. The van der Waals surface area contributed by atoms with Crippen molar-refractivity contribution in [2.24, 2.45) is 11.7 Å². The Morgan fingerprint density at radius 3 is 2.29 bits per heavy atom. The summed E-state index contributed by atoms with van der Waals surface area (Å²) in [6.45, 7) is 8.77. The molecule has 0 saturated carbocycles. The van der Waals surface area contributed by atoms with E-state index in [0.29, 0.717) is 6.04 Å². The van der Waals surface area contributed by atoms with Gasteiger partial charge < -0.3 is 10.6 Å². The number of hydrogen-bond donors (Lipinski definition) is 1. The summed E-state index contributed by atoms with van der Waals surface area (Å²) in [5.41, 5.74) is 5.78. The molecule has 2 N–H and O–H groups in total. The first-order chi connectivity index (χ1) is 6.61. The maximum absolute atomic E-state index is 5.78. The molecule has 86 valence electrons. The van der Waals surface area contributed by atoms with E-state index in [2.05, 4.69) is 32.7 Å². The van der Waals surface area contributed by atoms with Crippen molar-refractivity contribution in [1.29, 1.82) is 0 Å². The average molecular weight is 200 g/mol. The average Bonchev–Trinajstić information content (AvgIpc) is 2.16. The van der Waals surface area contributed by atoms with Crippen LogP contribution in [0.4, 0.5) is 0 Å². The van der Waals surface area contributed by atoms with E-state index >= 15 is 0 Å². The Bertz CT molecular complexity index is 123. The zero-order chi connectivity index (χ0) is 11.0. The van der Waals surface area contributed by atoms with Gasteiger partial charge in [-0.3, -0.25) is 0 Å². The van der Waals surface area contributed by atoms with Gasteiger partial charge >= 0.3 is 0 Å². The topological polar surface area (TPSA) is 29.3 Å². The molecule has 0 bridgehead atoms. The number of likely N-dealkylation sites (N-methyl/N-ethyl adjacent to an activating group) is 1. The number of rotatable bonds is 8. The molecule has 0 aromatic heterocycles. The predicted octanol–water partition coefficient (Wildman–Crippen LogP) is 2.48. The molecule has 0 aliphatic rings. The van der Waals surface area contributed by atoms with Crippen molar-refractivity contribution in [3.8, 4) is 0 Å². The molecule has 0 fully saturated rings. The highest BCUT2D eigenvalue weighted by Gasteiger charge is 2.12. The Hall–Kier alpha value is -0.0800. The van der Waals surface area contributed by atoms with Gasteiger partial charge in [-0.15, -0.1) is 0 Å². The third-order valence-electron chi connectivity index (χ3n) is 2.85. The lowest BCUT2D eigenvalue weighted by atomic mass is 10.1. The van der Waals surface area contributed by atoms with E-state index in [0.717, 1.165) is 12.5 Å². The minimum Gasteiger partial charge on any atom is -0.329 e. The summed E-state index contributed by atoms with van der Waals surface area (Å²) < 4.78 is 0. The summed E-state index contributed by atoms with van der Waals surface area (Å²) >= 11 is 0. The van der Waals surface area contributed by atoms with E-state index in [1.165, 1.54) is 32.2 Å². The van der Waals surface area contributed by atoms with Crippen molar-refractivity contribution in [3.05, 3.63) is 0 Å². The molecule has 14 heavy (non-hydrogen) atoms. The lowest BCUT2D eigenvalue weighted by Gasteiger charge is -2.27. The van der Waals surface area contributed by atoms with E-state index in [-0.39, 0.29) is 0 Å². The van der Waals surface area contributed by atoms with Crippen LogP contribution in [-0.4, -0.2) is 31.1 Å². The van der Waals surface area contributed by atoms with Crippen molar-refractivity contribution >= 4 is 0 Å². The van der Waals surface area contributed by atoms with Gasteiger partial charge in [-0.1, -0.05) is 33.6 Å². The SMILES string of the molecule is CCCCC(CN)N(C)CCC(C)C. The molecule has 0 aliphatic heterocycles. The molecule has 1 atom stereocenters. The summed E-state index contributed by atoms with van der Waals surface area (Å²) in [6.07, 6.45) is 5.10. The zero-order valence-electron chi connectivity index (χ0n) is 10.4. The molecule has 0 aliphatic carbocycles. The lowest BCUT2D eigenvalue weighted by Crippen LogP contribution is -2.38. The quantitative estimate of drug-likeness (QED) is 0.652. The number of unbranched alkanes of at least 4 members (excludes halogenated alkanes) is 1. The van der Waals surface area contributed by atoms with Gasteiger partial charge in [0, 0.05) is 12.6 Å². The molecule has 0 aromatic rings. The molecular formula is C12H28N2. The molecule has 0 heterocycles. The van der Waals surface area contributed by atoms with Crippen LogP contribution in [0.1, 0.15) is 46.5 Å². The highest BCUT2D eigenvalue weighted by atomic mass is 15.1. The second-order valence-corrected chi connectivity index (χ2v) is 4.69. The molecule has 2 heteroatoms. The molecule has 0 saturated heterocycles. The number of hydrogen-bond acceptors (Lipinski definition) is 2. The van der Waals surface area contributed by atoms with Crippen LogP contribution < -0.4 is 5.73 Å². The van der Waals surface area contributed by atoms with Gasteiger partial charge in [0.2, 0.25) is 0 Å². The second-order valence-electron chi connectivity index (χ2n) is 4.69. The molecule has 0 spiro atoms. The van der Waals surface area contributed by atoms with Gasteiger partial charge in [0.05, 0.1) is 0 Å². The van der Waals surface area contributed by atoms with E-state index in [9.17, 15) is 0 Å². The predicted molar refractivity (Wildman–Crippen MR) is 64.5 cm³/mol. The fraction of sp³-hybridized carbons (Fsp3) is 1.00. The monoisotopic (exact) mass is 200 g/mol. The van der Waals surface area contributed by atoms with Crippen LogP contribution in [0.5, 0.6) is 0 Å². The van der Waals surface area contributed by atoms with Crippen molar-refractivity contribution < 1.29 is 0 Å². The van der Waals surface area contributed by atoms with Gasteiger partial charge in [0.25, 0.3) is 0 Å². The van der Waals surface area contributed by atoms with Gasteiger partial charge in [-0.25, -0.2) is 0 Å². The third-order valence-corrected chi connectivity index (χ3v) is 2.85. The van der Waals surface area contributed by atoms with Gasteiger partial charge in [-0.2, -0.15) is 0 Å². The standard InChI is InChI=1S/C12H28N2/c1-5-6-7-12(10-13)14(4)9-8-11(2)3/h11-12H,5-10,13H2,1-4H3. The van der Waals surface area contributed by atoms with Crippen LogP contribution in [0.3, 0.4) is 0 Å². The largest absolute Gasteiger partial charge is 0.329 e. The third kappa shape index (κ3) is 6.39. The smallest absolute Gasteiger partial charge is 0.0215 e. The maximum Gasteiger partial charge on any atom is 0.0215 e. The summed E-state index contributed by atoms with van der Waals surface area (Å²) in [6, 6.07) is 0.591. The Balaban J connectivity index is 3.72. The lowest BCUT2D eigenvalue weighted by molar-refractivity contribution is 0.220. The van der Waals surface area contributed by atoms with Crippen LogP contribution in [-0.2, 0) is 0 Å². The molecular weight excluding hydrogens is 172 g/mol. The van der Waals surface area contributed by atoms with Crippen LogP contribution in [0.2, 0.25) is 0 Å². The molecule has 2 nitrogen and oxygen atoms in total. The maximum atomic E-state index is 5.78. The minimum absolute atomic E-state index is 0.591. The first kappa shape index (κ1) is 13.9.